The van der Waals surface area contributed by atoms with E-state index in [0.29, 0.717) is 49.5 Å². The Morgan fingerprint density at radius 3 is 2.38 bits per heavy atom. The van der Waals surface area contributed by atoms with E-state index in [1.807, 2.05) is 0 Å². The minimum absolute atomic E-state index is 0.175. The Morgan fingerprint density at radius 2 is 1.68 bits per heavy atom. The van der Waals surface area contributed by atoms with Crippen molar-refractivity contribution in [2.75, 3.05) is 10.2 Å². The zero-order valence-corrected chi connectivity index (χ0v) is 19.9. The third-order valence-corrected chi connectivity index (χ3v) is 6.64. The van der Waals surface area contributed by atoms with Gasteiger partial charge in [0.25, 0.3) is 11.8 Å². The summed E-state index contributed by atoms with van der Waals surface area (Å²) in [6.45, 7) is 0.615. The van der Waals surface area contributed by atoms with Crippen molar-refractivity contribution in [1.29, 1.82) is 0 Å². The van der Waals surface area contributed by atoms with Gasteiger partial charge in [0.1, 0.15) is 0 Å². The number of aliphatic hydroxyl groups is 1. The molecule has 0 aliphatic carbocycles. The molecule has 1 unspecified atom stereocenters. The third kappa shape index (κ3) is 4.55. The number of carbonyl (C=O) groups is 3. The number of fused-ring (bicyclic) bond motifs is 4. The Morgan fingerprint density at radius 1 is 1.03 bits per heavy atom. The molecule has 176 valence electrons. The first-order valence-electron chi connectivity index (χ1n) is 9.55. The van der Waals surface area contributed by atoms with Crippen LogP contribution in [0.15, 0.2) is 34.3 Å². The van der Waals surface area contributed by atoms with Crippen molar-refractivity contribution in [2.45, 2.75) is 19.3 Å². The molecule has 34 heavy (non-hydrogen) atoms. The number of halogens is 4. The number of aldehydes is 1. The molecule has 2 amide bonds. The minimum Gasteiger partial charge on any atom is -0.365 e. The standard InChI is InChI=1S/2C10H7Cl2N3O2/c11-5-1-2-6-4(7(5)12)3-13-10-14-8(16)9(17)15(6)10;11-6-1-2-7-5(9(6)12)3-13-10(14-7)15-8(17)4-16/h1-2,9,17H,3H2,(H,13,14,16);1-2,4H,3H2,(H2,13,14,15,17). The van der Waals surface area contributed by atoms with Gasteiger partial charge in [-0.25, -0.2) is 9.98 Å². The number of carbonyl (C=O) groups excluding carboxylic acids is 3. The lowest BCUT2D eigenvalue weighted by Crippen LogP contribution is -2.38. The molecule has 0 aromatic heterocycles. The van der Waals surface area contributed by atoms with Crippen LogP contribution in [0.25, 0.3) is 0 Å². The van der Waals surface area contributed by atoms with E-state index in [4.69, 9.17) is 46.4 Å². The quantitative estimate of drug-likeness (QED) is 0.322. The van der Waals surface area contributed by atoms with Crippen LogP contribution in [-0.2, 0) is 27.5 Å². The Balaban J connectivity index is 0.000000161. The number of benzene rings is 2. The van der Waals surface area contributed by atoms with Crippen LogP contribution in [0.5, 0.6) is 0 Å². The van der Waals surface area contributed by atoms with Crippen LogP contribution in [0.2, 0.25) is 20.1 Å². The van der Waals surface area contributed by atoms with Crippen molar-refractivity contribution < 1.29 is 19.5 Å². The van der Waals surface area contributed by atoms with E-state index in [9.17, 15) is 19.5 Å². The number of rotatable bonds is 1. The van der Waals surface area contributed by atoms with Gasteiger partial charge in [0.05, 0.1) is 38.9 Å². The number of nitrogens with zero attached hydrogens (tertiary/aromatic N) is 3. The Labute approximate surface area is 212 Å². The number of aliphatic hydroxyl groups excluding tert-OH is 1. The van der Waals surface area contributed by atoms with E-state index in [0.717, 1.165) is 5.56 Å². The van der Waals surface area contributed by atoms with Crippen molar-refractivity contribution in [3.8, 4) is 0 Å². The summed E-state index contributed by atoms with van der Waals surface area (Å²) in [4.78, 5) is 42.0. The molecule has 0 spiro atoms. The van der Waals surface area contributed by atoms with Gasteiger partial charge in [0.2, 0.25) is 24.4 Å². The molecule has 3 heterocycles. The molecule has 0 saturated carbocycles. The van der Waals surface area contributed by atoms with Crippen LogP contribution >= 0.6 is 46.4 Å². The van der Waals surface area contributed by atoms with Gasteiger partial charge in [-0.3, -0.25) is 29.9 Å². The number of guanidine groups is 2. The predicted octanol–water partition coefficient (Wildman–Crippen LogP) is 2.71. The smallest absolute Gasteiger partial charge is 0.290 e. The number of aliphatic imine (C=N–C) groups is 2. The van der Waals surface area contributed by atoms with E-state index in [1.54, 1.807) is 24.3 Å². The molecule has 2 aromatic rings. The molecule has 1 saturated heterocycles. The average Bonchev–Trinajstić information content (AvgIpc) is 3.12. The van der Waals surface area contributed by atoms with E-state index in [1.165, 1.54) is 4.90 Å². The lowest BCUT2D eigenvalue weighted by atomic mass is 10.1. The van der Waals surface area contributed by atoms with Crippen LogP contribution in [0.4, 0.5) is 11.4 Å². The lowest BCUT2D eigenvalue weighted by molar-refractivity contribution is -0.130. The molecule has 2 aromatic carbocycles. The first-order valence-corrected chi connectivity index (χ1v) is 11.1. The molecular weight excluding hydrogens is 530 g/mol. The van der Waals surface area contributed by atoms with Crippen molar-refractivity contribution in [3.63, 3.8) is 0 Å². The number of hydrogen-bond acceptors (Lipinski definition) is 8. The molecular formula is C20H14Cl4N6O4. The van der Waals surface area contributed by atoms with Crippen molar-refractivity contribution >= 4 is 87.8 Å². The summed E-state index contributed by atoms with van der Waals surface area (Å²) in [6, 6.07) is 6.70. The Bertz CT molecular complexity index is 1280. The van der Waals surface area contributed by atoms with E-state index in [-0.39, 0.29) is 18.8 Å². The molecule has 10 nitrogen and oxygen atoms in total. The Kier molecular flexibility index (Phi) is 6.96. The molecule has 1 atom stereocenters. The van der Waals surface area contributed by atoms with E-state index < -0.39 is 18.0 Å². The fourth-order valence-electron chi connectivity index (χ4n) is 3.35. The predicted molar refractivity (Wildman–Crippen MR) is 130 cm³/mol. The van der Waals surface area contributed by atoms with Gasteiger partial charge in [-0.2, -0.15) is 0 Å². The molecule has 4 N–H and O–H groups in total. The summed E-state index contributed by atoms with van der Waals surface area (Å²) >= 11 is 23.9. The zero-order chi connectivity index (χ0) is 24.6. The molecule has 0 bridgehead atoms. The van der Waals surface area contributed by atoms with E-state index in [2.05, 4.69) is 25.9 Å². The summed E-state index contributed by atoms with van der Waals surface area (Å²) in [5.74, 6) is -0.705. The van der Waals surface area contributed by atoms with Gasteiger partial charge in [-0.15, -0.1) is 0 Å². The average molecular weight is 544 g/mol. The first kappa shape index (κ1) is 24.2. The largest absolute Gasteiger partial charge is 0.365 e. The number of hydrogen-bond donors (Lipinski definition) is 4. The summed E-state index contributed by atoms with van der Waals surface area (Å²) in [5.41, 5.74) is 2.81. The van der Waals surface area contributed by atoms with E-state index >= 15 is 0 Å². The fourth-order valence-corrected chi connectivity index (χ4v) is 4.15. The second kappa shape index (κ2) is 9.77. The summed E-state index contributed by atoms with van der Waals surface area (Å²) in [6.07, 6.45) is -1.10. The van der Waals surface area contributed by atoms with Crippen LogP contribution < -0.4 is 20.9 Å². The van der Waals surface area contributed by atoms with Crippen LogP contribution in [0, 0.1) is 0 Å². The maximum Gasteiger partial charge on any atom is 0.290 e. The number of nitrogens with one attached hydrogen (secondary N) is 3. The summed E-state index contributed by atoms with van der Waals surface area (Å²) in [7, 11) is 0. The normalized spacial score (nSPS) is 17.5. The minimum atomic E-state index is -1.27. The maximum absolute atomic E-state index is 11.4. The molecule has 0 radical (unpaired) electrons. The molecule has 3 aliphatic rings. The summed E-state index contributed by atoms with van der Waals surface area (Å²) < 4.78 is 0. The second-order valence-corrected chi connectivity index (χ2v) is 8.59. The second-order valence-electron chi connectivity index (χ2n) is 7.02. The highest BCUT2D eigenvalue weighted by Gasteiger charge is 2.39. The van der Waals surface area contributed by atoms with Crippen molar-refractivity contribution in [2.24, 2.45) is 9.98 Å². The third-order valence-electron chi connectivity index (χ3n) is 4.95. The van der Waals surface area contributed by atoms with Gasteiger partial charge in [-0.1, -0.05) is 46.4 Å². The van der Waals surface area contributed by atoms with Crippen molar-refractivity contribution in [1.82, 2.24) is 10.6 Å². The van der Waals surface area contributed by atoms with Crippen LogP contribution in [-0.4, -0.2) is 41.4 Å². The highest BCUT2D eigenvalue weighted by Crippen LogP contribution is 2.38. The Hall–Kier alpha value is -2.89. The van der Waals surface area contributed by atoms with Gasteiger partial charge in [0.15, 0.2) is 0 Å². The zero-order valence-electron chi connectivity index (χ0n) is 16.9. The van der Waals surface area contributed by atoms with Gasteiger partial charge >= 0.3 is 0 Å². The lowest BCUT2D eigenvalue weighted by Gasteiger charge is -2.27. The number of amides is 2. The molecule has 1 fully saturated rings. The van der Waals surface area contributed by atoms with Crippen molar-refractivity contribution in [3.05, 3.63) is 55.5 Å². The molecule has 14 heteroatoms. The van der Waals surface area contributed by atoms with Gasteiger partial charge in [0, 0.05) is 16.8 Å². The first-order chi connectivity index (χ1) is 16.2. The van der Waals surface area contributed by atoms with Crippen LogP contribution in [0.1, 0.15) is 11.1 Å². The maximum atomic E-state index is 11.4. The molecule has 5 rings (SSSR count). The highest BCUT2D eigenvalue weighted by molar-refractivity contribution is 6.43. The monoisotopic (exact) mass is 542 g/mol. The molecule has 3 aliphatic heterocycles. The van der Waals surface area contributed by atoms with Crippen LogP contribution in [0.3, 0.4) is 0 Å². The topological polar surface area (TPSA) is 135 Å². The SMILES string of the molecule is O=C1NC2=NCc3c(ccc(Cl)c3Cl)N2C1O.O=CC(=O)NC1=NCc2c(ccc(Cl)c2Cl)N1. The van der Waals surface area contributed by atoms with Gasteiger partial charge in [-0.05, 0) is 24.3 Å². The highest BCUT2D eigenvalue weighted by atomic mass is 35.5. The van der Waals surface area contributed by atoms with Gasteiger partial charge < -0.3 is 10.4 Å². The summed E-state index contributed by atoms with van der Waals surface area (Å²) in [5, 5.41) is 19.1. The number of anilines is 2. The fraction of sp³-hybridized carbons (Fsp3) is 0.150.